The quantitative estimate of drug-likeness (QED) is 0.708. The van der Waals surface area contributed by atoms with Crippen LogP contribution in [-0.2, 0) is 10.2 Å². The molecule has 0 saturated heterocycles. The molecule has 1 rings (SSSR count). The van der Waals surface area contributed by atoms with E-state index in [9.17, 15) is 0 Å². The Balaban J connectivity index is 2.61. The van der Waals surface area contributed by atoms with Gasteiger partial charge in [-0.3, -0.25) is 0 Å². The number of hydrogen-bond donors (Lipinski definition) is 1. The molecular formula is C16H29N3O2. The molecule has 1 aromatic heterocycles. The van der Waals surface area contributed by atoms with E-state index in [1.165, 1.54) is 0 Å². The first-order valence-electron chi connectivity index (χ1n) is 7.81. The van der Waals surface area contributed by atoms with Crippen molar-refractivity contribution in [2.75, 3.05) is 31.7 Å². The van der Waals surface area contributed by atoms with Gasteiger partial charge in [0.1, 0.15) is 18.2 Å². The summed E-state index contributed by atoms with van der Waals surface area (Å²) in [5, 5.41) is 3.22. The lowest BCUT2D eigenvalue weighted by Gasteiger charge is -2.18. The lowest BCUT2D eigenvalue weighted by Crippen LogP contribution is -2.18. The molecule has 0 fully saturated rings. The first kappa shape index (κ1) is 17.7. The van der Waals surface area contributed by atoms with Crippen LogP contribution >= 0.6 is 0 Å². The largest absolute Gasteiger partial charge is 0.475 e. The van der Waals surface area contributed by atoms with E-state index >= 15 is 0 Å². The minimum atomic E-state index is -0.110. The van der Waals surface area contributed by atoms with Gasteiger partial charge in [0.2, 0.25) is 5.88 Å². The molecule has 0 aliphatic heterocycles. The van der Waals surface area contributed by atoms with Gasteiger partial charge in [-0.2, -0.15) is 4.98 Å². The maximum absolute atomic E-state index is 5.69. The van der Waals surface area contributed by atoms with Crippen LogP contribution in [0.1, 0.15) is 53.3 Å². The number of ether oxygens (including phenoxy) is 2. The van der Waals surface area contributed by atoms with Gasteiger partial charge >= 0.3 is 0 Å². The maximum atomic E-state index is 5.69. The Labute approximate surface area is 128 Å². The Bertz CT molecular complexity index is 416. The van der Waals surface area contributed by atoms with E-state index < -0.39 is 0 Å². The smallest absolute Gasteiger partial charge is 0.218 e. The molecule has 0 amide bonds. The Hall–Kier alpha value is -1.36. The van der Waals surface area contributed by atoms with E-state index in [0.29, 0.717) is 19.1 Å². The Morgan fingerprint density at radius 1 is 1.10 bits per heavy atom. The molecule has 0 aromatic carbocycles. The average Bonchev–Trinajstić information content (AvgIpc) is 2.42. The van der Waals surface area contributed by atoms with Gasteiger partial charge in [-0.1, -0.05) is 34.1 Å². The van der Waals surface area contributed by atoms with Crippen molar-refractivity contribution < 1.29 is 9.47 Å². The number of anilines is 1. The fourth-order valence-corrected chi connectivity index (χ4v) is 1.66. The minimum absolute atomic E-state index is 0.110. The van der Waals surface area contributed by atoms with Crippen LogP contribution in [0.5, 0.6) is 5.88 Å². The van der Waals surface area contributed by atoms with Gasteiger partial charge in [-0.15, -0.1) is 0 Å². The van der Waals surface area contributed by atoms with Crippen LogP contribution in [0.2, 0.25) is 0 Å². The summed E-state index contributed by atoms with van der Waals surface area (Å²) >= 11 is 0. The highest BCUT2D eigenvalue weighted by Crippen LogP contribution is 2.23. The zero-order valence-corrected chi connectivity index (χ0v) is 14.0. The van der Waals surface area contributed by atoms with Gasteiger partial charge in [0, 0.05) is 24.6 Å². The van der Waals surface area contributed by atoms with Crippen molar-refractivity contribution in [2.24, 2.45) is 0 Å². The van der Waals surface area contributed by atoms with Gasteiger partial charge in [-0.05, 0) is 13.3 Å². The Morgan fingerprint density at radius 3 is 2.48 bits per heavy atom. The molecule has 0 atom stereocenters. The van der Waals surface area contributed by atoms with Crippen molar-refractivity contribution in [3.05, 3.63) is 11.9 Å². The van der Waals surface area contributed by atoms with E-state index in [0.717, 1.165) is 37.6 Å². The van der Waals surface area contributed by atoms with Crippen LogP contribution in [0.3, 0.4) is 0 Å². The molecule has 0 radical (unpaired) electrons. The normalized spacial score (nSPS) is 11.5. The molecular weight excluding hydrogens is 266 g/mol. The lowest BCUT2D eigenvalue weighted by atomic mass is 9.96. The summed E-state index contributed by atoms with van der Waals surface area (Å²) in [7, 11) is 0. The second-order valence-corrected chi connectivity index (χ2v) is 6.01. The van der Waals surface area contributed by atoms with Crippen molar-refractivity contribution in [2.45, 2.75) is 52.9 Å². The van der Waals surface area contributed by atoms with E-state index in [1.807, 2.05) is 13.0 Å². The summed E-state index contributed by atoms with van der Waals surface area (Å²) in [4.78, 5) is 9.02. The molecule has 0 aliphatic carbocycles. The second-order valence-electron chi connectivity index (χ2n) is 6.01. The summed E-state index contributed by atoms with van der Waals surface area (Å²) in [6, 6.07) is 1.84. The Morgan fingerprint density at radius 2 is 1.86 bits per heavy atom. The SMILES string of the molecule is CCCCOCCOc1cc(NCC)nc(C(C)(C)C)n1. The van der Waals surface area contributed by atoms with Crippen LogP contribution in [0, 0.1) is 0 Å². The Kier molecular flexibility index (Phi) is 7.43. The molecule has 5 heteroatoms. The molecule has 1 heterocycles. The van der Waals surface area contributed by atoms with Gasteiger partial charge in [0.25, 0.3) is 0 Å². The third-order valence-electron chi connectivity index (χ3n) is 2.85. The number of unbranched alkanes of at least 4 members (excludes halogenated alkanes) is 1. The minimum Gasteiger partial charge on any atom is -0.475 e. The number of nitrogens with zero attached hydrogens (tertiary/aromatic N) is 2. The molecule has 120 valence electrons. The van der Waals surface area contributed by atoms with Gasteiger partial charge in [0.15, 0.2) is 0 Å². The zero-order valence-electron chi connectivity index (χ0n) is 14.0. The standard InChI is InChI=1S/C16H29N3O2/c1-6-8-9-20-10-11-21-14-12-13(17-7-2)18-15(19-14)16(3,4)5/h12H,6-11H2,1-5H3,(H,17,18,19). The summed E-state index contributed by atoms with van der Waals surface area (Å²) in [6.45, 7) is 13.2. The van der Waals surface area contributed by atoms with Gasteiger partial charge in [0.05, 0.1) is 6.61 Å². The fraction of sp³-hybridized carbons (Fsp3) is 0.750. The van der Waals surface area contributed by atoms with E-state index in [-0.39, 0.29) is 5.41 Å². The lowest BCUT2D eigenvalue weighted by molar-refractivity contribution is 0.0963. The highest BCUT2D eigenvalue weighted by Gasteiger charge is 2.19. The molecule has 1 aromatic rings. The zero-order chi connectivity index (χ0) is 15.7. The van der Waals surface area contributed by atoms with Crippen molar-refractivity contribution in [1.82, 2.24) is 9.97 Å². The molecule has 1 N–H and O–H groups in total. The summed E-state index contributed by atoms with van der Waals surface area (Å²) in [5.74, 6) is 2.19. The fourth-order valence-electron chi connectivity index (χ4n) is 1.66. The number of aromatic nitrogens is 2. The maximum Gasteiger partial charge on any atom is 0.218 e. The summed E-state index contributed by atoms with van der Waals surface area (Å²) < 4.78 is 11.2. The van der Waals surface area contributed by atoms with E-state index in [4.69, 9.17) is 9.47 Å². The van der Waals surface area contributed by atoms with Crippen LogP contribution in [0.15, 0.2) is 6.07 Å². The van der Waals surface area contributed by atoms with Gasteiger partial charge in [-0.25, -0.2) is 4.98 Å². The monoisotopic (exact) mass is 295 g/mol. The van der Waals surface area contributed by atoms with Crippen molar-refractivity contribution in [3.8, 4) is 5.88 Å². The highest BCUT2D eigenvalue weighted by atomic mass is 16.5. The molecule has 0 saturated carbocycles. The van der Waals surface area contributed by atoms with Crippen molar-refractivity contribution >= 4 is 5.82 Å². The van der Waals surface area contributed by atoms with Crippen molar-refractivity contribution in [1.29, 1.82) is 0 Å². The van der Waals surface area contributed by atoms with Gasteiger partial charge < -0.3 is 14.8 Å². The third-order valence-corrected chi connectivity index (χ3v) is 2.85. The molecule has 0 unspecified atom stereocenters. The third kappa shape index (κ3) is 6.76. The van der Waals surface area contributed by atoms with Crippen LogP contribution < -0.4 is 10.1 Å². The molecule has 5 nitrogen and oxygen atoms in total. The van der Waals surface area contributed by atoms with Crippen LogP contribution in [-0.4, -0.2) is 36.3 Å². The highest BCUT2D eigenvalue weighted by molar-refractivity contribution is 5.39. The number of nitrogens with one attached hydrogen (secondary N) is 1. The number of hydrogen-bond acceptors (Lipinski definition) is 5. The molecule has 0 aliphatic rings. The first-order chi connectivity index (χ1) is 9.97. The number of rotatable bonds is 9. The first-order valence-corrected chi connectivity index (χ1v) is 7.81. The van der Waals surface area contributed by atoms with Crippen molar-refractivity contribution in [3.63, 3.8) is 0 Å². The van der Waals surface area contributed by atoms with Crippen LogP contribution in [0.4, 0.5) is 5.82 Å². The van der Waals surface area contributed by atoms with E-state index in [1.54, 1.807) is 0 Å². The van der Waals surface area contributed by atoms with Crippen LogP contribution in [0.25, 0.3) is 0 Å². The summed E-state index contributed by atoms with van der Waals surface area (Å²) in [6.07, 6.45) is 2.24. The second kappa shape index (κ2) is 8.82. The summed E-state index contributed by atoms with van der Waals surface area (Å²) in [5.41, 5.74) is -0.110. The predicted octanol–water partition coefficient (Wildman–Crippen LogP) is 3.40. The predicted molar refractivity (Wildman–Crippen MR) is 86.1 cm³/mol. The molecule has 0 bridgehead atoms. The van der Waals surface area contributed by atoms with E-state index in [2.05, 4.69) is 43.0 Å². The average molecular weight is 295 g/mol. The molecule has 0 spiro atoms. The molecule has 21 heavy (non-hydrogen) atoms. The topological polar surface area (TPSA) is 56.3 Å².